The van der Waals surface area contributed by atoms with Gasteiger partial charge in [0.05, 0.1) is 5.69 Å². The minimum atomic E-state index is -1.46. The molecule has 0 bridgehead atoms. The van der Waals surface area contributed by atoms with Crippen molar-refractivity contribution >= 4 is 29.0 Å². The molecule has 0 aliphatic carbocycles. The lowest BCUT2D eigenvalue weighted by atomic mass is 10.1. The maximum absolute atomic E-state index is 11.4. The highest BCUT2D eigenvalue weighted by Crippen LogP contribution is 2.14. The predicted molar refractivity (Wildman–Crippen MR) is 82.7 cm³/mol. The molecule has 0 fully saturated rings. The lowest BCUT2D eigenvalue weighted by molar-refractivity contribution is -0.138. The van der Waals surface area contributed by atoms with Crippen molar-refractivity contribution in [3.8, 4) is 0 Å². The minimum Gasteiger partial charge on any atom is -0.479 e. The lowest BCUT2D eigenvalue weighted by Gasteiger charge is -2.15. The molecule has 22 heavy (non-hydrogen) atoms. The van der Waals surface area contributed by atoms with Gasteiger partial charge in [-0.3, -0.25) is 0 Å². The van der Waals surface area contributed by atoms with E-state index >= 15 is 0 Å². The maximum Gasteiger partial charge on any atom is 0.353 e. The van der Waals surface area contributed by atoms with Crippen molar-refractivity contribution in [2.24, 2.45) is 4.99 Å². The lowest BCUT2D eigenvalue weighted by Crippen LogP contribution is -2.41. The van der Waals surface area contributed by atoms with Gasteiger partial charge >= 0.3 is 11.9 Å². The molecule has 0 aromatic heterocycles. The van der Waals surface area contributed by atoms with Crippen molar-refractivity contribution in [2.75, 3.05) is 5.32 Å². The minimum absolute atomic E-state index is 0.376. The zero-order valence-corrected chi connectivity index (χ0v) is 11.5. The largest absolute Gasteiger partial charge is 0.479 e. The summed E-state index contributed by atoms with van der Waals surface area (Å²) in [6, 6.07) is 15.4. The monoisotopic (exact) mass is 298 g/mol. The van der Waals surface area contributed by atoms with E-state index in [0.29, 0.717) is 11.4 Å². The molecule has 6 heteroatoms. The van der Waals surface area contributed by atoms with E-state index in [9.17, 15) is 19.8 Å². The summed E-state index contributed by atoms with van der Waals surface area (Å²) in [4.78, 5) is 26.8. The summed E-state index contributed by atoms with van der Waals surface area (Å²) in [5.41, 5.74) is 0.389. The molecule has 2 rings (SSSR count). The van der Waals surface area contributed by atoms with Gasteiger partial charge in [-0.15, -0.1) is 0 Å². The van der Waals surface area contributed by atoms with E-state index in [2.05, 4.69) is 10.3 Å². The average molecular weight is 298 g/mol. The molecule has 0 amide bonds. The van der Waals surface area contributed by atoms with Gasteiger partial charge in [0.2, 0.25) is 0 Å². The molecule has 0 heterocycles. The molecule has 112 valence electrons. The van der Waals surface area contributed by atoms with Crippen LogP contribution in [-0.2, 0) is 9.59 Å². The van der Waals surface area contributed by atoms with Gasteiger partial charge in [-0.05, 0) is 24.3 Å². The van der Waals surface area contributed by atoms with Gasteiger partial charge in [-0.25, -0.2) is 14.6 Å². The molecule has 2 aromatic carbocycles. The number of carboxylic acids is 2. The first kappa shape index (κ1) is 15.2. The molecule has 1 atom stereocenters. The van der Waals surface area contributed by atoms with Gasteiger partial charge < -0.3 is 15.5 Å². The molecule has 0 aliphatic heterocycles. The number of hydrogen-bond acceptors (Lipinski definition) is 4. The van der Waals surface area contributed by atoms with Crippen molar-refractivity contribution in [2.45, 2.75) is 6.04 Å². The fourth-order valence-corrected chi connectivity index (χ4v) is 1.83. The van der Waals surface area contributed by atoms with Gasteiger partial charge in [0.1, 0.15) is 0 Å². The average Bonchev–Trinajstić information content (AvgIpc) is 2.52. The summed E-state index contributed by atoms with van der Waals surface area (Å²) in [6.07, 6.45) is 0. The SMILES string of the molecule is O=C(O)C(=Nc1ccccc1)C(Nc1ccccc1)C(=O)O. The normalized spacial score (nSPS) is 12.5. The zero-order valence-electron chi connectivity index (χ0n) is 11.5. The summed E-state index contributed by atoms with van der Waals surface area (Å²) in [5, 5.41) is 21.3. The second-order valence-corrected chi connectivity index (χ2v) is 4.42. The standard InChI is InChI=1S/C16H14N2O4/c19-15(20)13(17-11-7-3-1-4-8-11)14(16(21)22)18-12-9-5-2-6-10-12/h1-10,13,17H,(H,19,20)(H,21,22). The Morgan fingerprint density at radius 3 is 1.95 bits per heavy atom. The van der Waals surface area contributed by atoms with E-state index in [1.165, 1.54) is 0 Å². The highest BCUT2D eigenvalue weighted by atomic mass is 16.4. The van der Waals surface area contributed by atoms with E-state index in [0.717, 1.165) is 0 Å². The van der Waals surface area contributed by atoms with Gasteiger partial charge in [0.15, 0.2) is 11.8 Å². The first-order valence-electron chi connectivity index (χ1n) is 6.49. The number of carboxylic acid groups (broad SMARTS) is 2. The Labute approximate surface area is 126 Å². The van der Waals surface area contributed by atoms with Gasteiger partial charge in [0, 0.05) is 5.69 Å². The van der Waals surface area contributed by atoms with Crippen molar-refractivity contribution in [1.82, 2.24) is 0 Å². The van der Waals surface area contributed by atoms with Crippen LogP contribution in [0.15, 0.2) is 65.7 Å². The van der Waals surface area contributed by atoms with E-state index in [1.807, 2.05) is 0 Å². The van der Waals surface area contributed by atoms with Crippen LogP contribution in [0.1, 0.15) is 0 Å². The Bertz CT molecular complexity index is 684. The highest BCUT2D eigenvalue weighted by Gasteiger charge is 2.29. The molecule has 0 saturated heterocycles. The number of aliphatic imine (C=N–C) groups is 1. The van der Waals surface area contributed by atoms with Crippen LogP contribution in [0.3, 0.4) is 0 Å². The molecule has 0 radical (unpaired) electrons. The predicted octanol–water partition coefficient (Wildman–Crippen LogP) is 2.41. The van der Waals surface area contributed by atoms with Gasteiger partial charge in [-0.2, -0.15) is 0 Å². The van der Waals surface area contributed by atoms with Crippen LogP contribution in [0, 0.1) is 0 Å². The van der Waals surface area contributed by atoms with Crippen molar-refractivity contribution in [3.63, 3.8) is 0 Å². The van der Waals surface area contributed by atoms with Gasteiger partial charge in [-0.1, -0.05) is 36.4 Å². The Kier molecular flexibility index (Phi) is 4.87. The topological polar surface area (TPSA) is 99.0 Å². The molecule has 0 spiro atoms. The van der Waals surface area contributed by atoms with Crippen LogP contribution in [0.5, 0.6) is 0 Å². The van der Waals surface area contributed by atoms with Crippen molar-refractivity contribution < 1.29 is 19.8 Å². The Hall–Kier alpha value is -3.15. The Morgan fingerprint density at radius 2 is 1.45 bits per heavy atom. The van der Waals surface area contributed by atoms with Crippen LogP contribution >= 0.6 is 0 Å². The molecule has 0 saturated carbocycles. The molecule has 2 aromatic rings. The molecule has 0 aliphatic rings. The summed E-state index contributed by atoms with van der Waals surface area (Å²) in [5.74, 6) is -2.71. The quantitative estimate of drug-likeness (QED) is 0.711. The van der Waals surface area contributed by atoms with Crippen LogP contribution in [0.4, 0.5) is 11.4 Å². The van der Waals surface area contributed by atoms with E-state index in [-0.39, 0.29) is 0 Å². The number of aliphatic carboxylic acids is 2. The van der Waals surface area contributed by atoms with E-state index < -0.39 is 23.7 Å². The number of anilines is 1. The van der Waals surface area contributed by atoms with Gasteiger partial charge in [0.25, 0.3) is 0 Å². The molecular formula is C16H14N2O4. The summed E-state index contributed by atoms with van der Waals surface area (Å²) < 4.78 is 0. The number of para-hydroxylation sites is 2. The number of hydrogen-bond donors (Lipinski definition) is 3. The summed E-state index contributed by atoms with van der Waals surface area (Å²) in [7, 11) is 0. The third-order valence-electron chi connectivity index (χ3n) is 2.83. The highest BCUT2D eigenvalue weighted by molar-refractivity contribution is 6.42. The smallest absolute Gasteiger partial charge is 0.353 e. The van der Waals surface area contributed by atoms with Crippen molar-refractivity contribution in [3.05, 3.63) is 60.7 Å². The second kappa shape index (κ2) is 7.03. The fraction of sp³-hybridized carbons (Fsp3) is 0.0625. The second-order valence-electron chi connectivity index (χ2n) is 4.42. The first-order chi connectivity index (χ1) is 10.6. The van der Waals surface area contributed by atoms with E-state index in [1.54, 1.807) is 60.7 Å². The fourth-order valence-electron chi connectivity index (χ4n) is 1.83. The van der Waals surface area contributed by atoms with Crippen LogP contribution in [-0.4, -0.2) is 33.9 Å². The number of nitrogens with zero attached hydrogens (tertiary/aromatic N) is 1. The molecule has 6 nitrogen and oxygen atoms in total. The zero-order chi connectivity index (χ0) is 15.9. The number of nitrogens with one attached hydrogen (secondary N) is 1. The third kappa shape index (κ3) is 3.92. The maximum atomic E-state index is 11.4. The van der Waals surface area contributed by atoms with E-state index in [4.69, 9.17) is 0 Å². The molecule has 3 N–H and O–H groups in total. The van der Waals surface area contributed by atoms with Crippen LogP contribution in [0.2, 0.25) is 0 Å². The molecule has 1 unspecified atom stereocenters. The number of carbonyl (C=O) groups is 2. The first-order valence-corrected chi connectivity index (χ1v) is 6.49. The third-order valence-corrected chi connectivity index (χ3v) is 2.83. The summed E-state index contributed by atoms with van der Waals surface area (Å²) >= 11 is 0. The Morgan fingerprint density at radius 1 is 0.909 bits per heavy atom. The van der Waals surface area contributed by atoms with Crippen LogP contribution in [0.25, 0.3) is 0 Å². The molecular weight excluding hydrogens is 284 g/mol. The number of rotatable bonds is 6. The van der Waals surface area contributed by atoms with Crippen molar-refractivity contribution in [1.29, 1.82) is 0 Å². The van der Waals surface area contributed by atoms with Crippen LogP contribution < -0.4 is 5.32 Å². The number of benzene rings is 2. The summed E-state index contributed by atoms with van der Waals surface area (Å²) in [6.45, 7) is 0. The Balaban J connectivity index is 2.36.